The van der Waals surface area contributed by atoms with Crippen LogP contribution in [-0.2, 0) is 0 Å². The van der Waals surface area contributed by atoms with Crippen molar-refractivity contribution in [3.8, 4) is 5.75 Å². The summed E-state index contributed by atoms with van der Waals surface area (Å²) >= 11 is 5.96. The number of anilines is 1. The molecule has 1 amide bonds. The highest BCUT2D eigenvalue weighted by molar-refractivity contribution is 6.34. The van der Waals surface area contributed by atoms with Gasteiger partial charge in [0.15, 0.2) is 0 Å². The highest BCUT2D eigenvalue weighted by atomic mass is 35.5. The van der Waals surface area contributed by atoms with E-state index in [0.717, 1.165) is 16.8 Å². The summed E-state index contributed by atoms with van der Waals surface area (Å²) in [6.45, 7) is 3.85. The van der Waals surface area contributed by atoms with Crippen molar-refractivity contribution in [2.24, 2.45) is 0 Å². The molecule has 0 radical (unpaired) electrons. The van der Waals surface area contributed by atoms with Crippen molar-refractivity contribution in [2.45, 2.75) is 13.8 Å². The number of amides is 1. The number of aromatic hydroxyl groups is 1. The summed E-state index contributed by atoms with van der Waals surface area (Å²) in [6, 6.07) is 10.1. The number of aryl methyl sites for hydroxylation is 2. The molecule has 4 heteroatoms. The standard InChI is InChI=1S/C15H14ClNO2/c1-9-4-3-5-10(2)14(9)17-15(19)12-8-11(18)6-7-13(12)16/h3-8,18H,1-2H3,(H,17,19). The van der Waals surface area contributed by atoms with Crippen molar-refractivity contribution in [2.75, 3.05) is 5.32 Å². The van der Waals surface area contributed by atoms with Crippen molar-refractivity contribution < 1.29 is 9.90 Å². The first-order chi connectivity index (χ1) is 8.99. The predicted molar refractivity (Wildman–Crippen MR) is 77.0 cm³/mol. The Morgan fingerprint density at radius 2 is 1.79 bits per heavy atom. The predicted octanol–water partition coefficient (Wildman–Crippen LogP) is 3.91. The minimum atomic E-state index is -0.335. The van der Waals surface area contributed by atoms with Crippen molar-refractivity contribution in [3.63, 3.8) is 0 Å². The molecule has 0 unspecified atom stereocenters. The molecule has 98 valence electrons. The van der Waals surface area contributed by atoms with Crippen LogP contribution in [0.25, 0.3) is 0 Å². The Balaban J connectivity index is 2.34. The molecule has 2 aromatic carbocycles. The van der Waals surface area contributed by atoms with Crippen LogP contribution in [0.2, 0.25) is 5.02 Å². The van der Waals surface area contributed by atoms with Crippen LogP contribution in [-0.4, -0.2) is 11.0 Å². The van der Waals surface area contributed by atoms with E-state index in [1.807, 2.05) is 32.0 Å². The zero-order chi connectivity index (χ0) is 14.0. The summed E-state index contributed by atoms with van der Waals surface area (Å²) in [6.07, 6.45) is 0. The normalized spacial score (nSPS) is 10.3. The van der Waals surface area contributed by atoms with Crippen LogP contribution in [0, 0.1) is 13.8 Å². The Kier molecular flexibility index (Phi) is 3.76. The van der Waals surface area contributed by atoms with Crippen LogP contribution < -0.4 is 5.32 Å². The smallest absolute Gasteiger partial charge is 0.257 e. The Morgan fingerprint density at radius 1 is 1.16 bits per heavy atom. The summed E-state index contributed by atoms with van der Waals surface area (Å²) in [7, 11) is 0. The first-order valence-corrected chi connectivity index (χ1v) is 6.23. The van der Waals surface area contributed by atoms with Crippen LogP contribution in [0.15, 0.2) is 36.4 Å². The average molecular weight is 276 g/mol. The zero-order valence-corrected chi connectivity index (χ0v) is 11.5. The zero-order valence-electron chi connectivity index (χ0n) is 10.7. The second-order valence-electron chi connectivity index (χ2n) is 4.39. The van der Waals surface area contributed by atoms with Crippen molar-refractivity contribution in [1.29, 1.82) is 0 Å². The van der Waals surface area contributed by atoms with E-state index in [1.54, 1.807) is 0 Å². The lowest BCUT2D eigenvalue weighted by Crippen LogP contribution is -2.14. The SMILES string of the molecule is Cc1cccc(C)c1NC(=O)c1cc(O)ccc1Cl. The van der Waals surface area contributed by atoms with Gasteiger partial charge in [-0.15, -0.1) is 0 Å². The molecule has 2 rings (SSSR count). The Morgan fingerprint density at radius 3 is 2.42 bits per heavy atom. The van der Waals surface area contributed by atoms with Gasteiger partial charge in [0.2, 0.25) is 0 Å². The summed E-state index contributed by atoms with van der Waals surface area (Å²) in [5, 5.41) is 12.6. The van der Waals surface area contributed by atoms with Gasteiger partial charge in [-0.05, 0) is 43.2 Å². The van der Waals surface area contributed by atoms with Gasteiger partial charge in [-0.25, -0.2) is 0 Å². The fourth-order valence-corrected chi connectivity index (χ4v) is 2.08. The maximum absolute atomic E-state index is 12.2. The lowest BCUT2D eigenvalue weighted by Gasteiger charge is -2.12. The van der Waals surface area contributed by atoms with Crippen LogP contribution >= 0.6 is 11.6 Å². The van der Waals surface area contributed by atoms with E-state index in [1.165, 1.54) is 18.2 Å². The molecule has 3 nitrogen and oxygen atoms in total. The molecule has 0 aromatic heterocycles. The Hall–Kier alpha value is -2.00. The van der Waals surface area contributed by atoms with Crippen molar-refractivity contribution >= 4 is 23.2 Å². The van der Waals surface area contributed by atoms with Crippen LogP contribution in [0.3, 0.4) is 0 Å². The molecule has 0 spiro atoms. The van der Waals surface area contributed by atoms with Gasteiger partial charge >= 0.3 is 0 Å². The fourth-order valence-electron chi connectivity index (χ4n) is 1.88. The molecule has 0 aliphatic heterocycles. The number of hydrogen-bond donors (Lipinski definition) is 2. The molecule has 2 aromatic rings. The molecular formula is C15H14ClNO2. The molecule has 0 aliphatic rings. The van der Waals surface area contributed by atoms with Gasteiger partial charge in [0, 0.05) is 5.69 Å². The van der Waals surface area contributed by atoms with E-state index < -0.39 is 0 Å². The van der Waals surface area contributed by atoms with Crippen molar-refractivity contribution in [1.82, 2.24) is 0 Å². The molecule has 0 bridgehead atoms. The number of hydrogen-bond acceptors (Lipinski definition) is 2. The van der Waals surface area contributed by atoms with Crippen LogP contribution in [0.4, 0.5) is 5.69 Å². The maximum atomic E-state index is 12.2. The van der Waals surface area contributed by atoms with Gasteiger partial charge in [-0.3, -0.25) is 4.79 Å². The molecule has 0 atom stereocenters. The number of para-hydroxylation sites is 1. The number of carbonyl (C=O) groups is 1. The molecule has 0 aliphatic carbocycles. The van der Waals surface area contributed by atoms with E-state index in [4.69, 9.17) is 11.6 Å². The molecule has 0 saturated carbocycles. The summed E-state index contributed by atoms with van der Waals surface area (Å²) in [5.74, 6) is -0.325. The van der Waals surface area contributed by atoms with E-state index in [0.29, 0.717) is 5.02 Å². The number of benzene rings is 2. The fraction of sp³-hybridized carbons (Fsp3) is 0.133. The molecule has 0 heterocycles. The highest BCUT2D eigenvalue weighted by Crippen LogP contribution is 2.24. The number of carbonyl (C=O) groups excluding carboxylic acids is 1. The third kappa shape index (κ3) is 2.88. The van der Waals surface area contributed by atoms with E-state index >= 15 is 0 Å². The van der Waals surface area contributed by atoms with Gasteiger partial charge in [0.1, 0.15) is 5.75 Å². The van der Waals surface area contributed by atoms with Crippen LogP contribution in [0.5, 0.6) is 5.75 Å². The minimum absolute atomic E-state index is 0.0102. The van der Waals surface area contributed by atoms with Gasteiger partial charge in [-0.1, -0.05) is 29.8 Å². The summed E-state index contributed by atoms with van der Waals surface area (Å²) in [5.41, 5.74) is 2.98. The number of halogens is 1. The second-order valence-corrected chi connectivity index (χ2v) is 4.79. The number of phenolic OH excluding ortho intramolecular Hbond substituents is 1. The Labute approximate surface area is 116 Å². The average Bonchev–Trinajstić information content (AvgIpc) is 2.37. The lowest BCUT2D eigenvalue weighted by molar-refractivity contribution is 0.102. The molecule has 0 fully saturated rings. The highest BCUT2D eigenvalue weighted by Gasteiger charge is 2.13. The summed E-state index contributed by atoms with van der Waals surface area (Å²) in [4.78, 5) is 12.2. The summed E-state index contributed by atoms with van der Waals surface area (Å²) < 4.78 is 0. The molecule has 2 N–H and O–H groups in total. The van der Waals surface area contributed by atoms with Gasteiger partial charge in [0.25, 0.3) is 5.91 Å². The maximum Gasteiger partial charge on any atom is 0.257 e. The monoisotopic (exact) mass is 275 g/mol. The topological polar surface area (TPSA) is 49.3 Å². The van der Waals surface area contributed by atoms with E-state index in [-0.39, 0.29) is 17.2 Å². The van der Waals surface area contributed by atoms with E-state index in [2.05, 4.69) is 5.32 Å². The van der Waals surface area contributed by atoms with Gasteiger partial charge in [0.05, 0.1) is 10.6 Å². The number of phenols is 1. The third-order valence-electron chi connectivity index (χ3n) is 2.91. The molecular weight excluding hydrogens is 262 g/mol. The Bertz CT molecular complexity index is 618. The quantitative estimate of drug-likeness (QED) is 0.873. The van der Waals surface area contributed by atoms with E-state index in [9.17, 15) is 9.90 Å². The van der Waals surface area contributed by atoms with Crippen molar-refractivity contribution in [3.05, 3.63) is 58.1 Å². The first kappa shape index (κ1) is 13.4. The largest absolute Gasteiger partial charge is 0.508 e. The third-order valence-corrected chi connectivity index (χ3v) is 3.24. The molecule has 0 saturated heterocycles. The lowest BCUT2D eigenvalue weighted by atomic mass is 10.1. The molecule has 19 heavy (non-hydrogen) atoms. The first-order valence-electron chi connectivity index (χ1n) is 5.85. The van der Waals surface area contributed by atoms with Gasteiger partial charge < -0.3 is 10.4 Å². The number of nitrogens with one attached hydrogen (secondary N) is 1. The van der Waals surface area contributed by atoms with Crippen LogP contribution in [0.1, 0.15) is 21.5 Å². The number of rotatable bonds is 2. The second kappa shape index (κ2) is 5.33. The minimum Gasteiger partial charge on any atom is -0.508 e. The van der Waals surface area contributed by atoms with Gasteiger partial charge in [-0.2, -0.15) is 0 Å².